The summed E-state index contributed by atoms with van der Waals surface area (Å²) in [7, 11) is 0. The quantitative estimate of drug-likeness (QED) is 0.919. The molecule has 0 saturated carbocycles. The minimum atomic E-state index is -0.338. The lowest BCUT2D eigenvalue weighted by molar-refractivity contribution is 0.0318. The molecule has 0 aliphatic carbocycles. The molecule has 1 aliphatic rings. The van der Waals surface area contributed by atoms with Gasteiger partial charge in [0.1, 0.15) is 0 Å². The summed E-state index contributed by atoms with van der Waals surface area (Å²) in [4.78, 5) is 14.6. The van der Waals surface area contributed by atoms with Crippen molar-refractivity contribution >= 4 is 5.91 Å². The molecule has 3 rings (SSSR count). The number of piperidine rings is 1. The lowest BCUT2D eigenvalue weighted by Gasteiger charge is -2.38. The van der Waals surface area contributed by atoms with Crippen LogP contribution in [0.25, 0.3) is 0 Å². The Labute approximate surface area is 124 Å². The van der Waals surface area contributed by atoms with Gasteiger partial charge in [0, 0.05) is 12.1 Å². The van der Waals surface area contributed by atoms with Gasteiger partial charge in [-0.1, -0.05) is 48.5 Å². The highest BCUT2D eigenvalue weighted by Gasteiger charge is 2.32. The molecule has 21 heavy (non-hydrogen) atoms. The van der Waals surface area contributed by atoms with Crippen LogP contribution in [0, 0.1) is 0 Å². The van der Waals surface area contributed by atoms with Gasteiger partial charge in [0.05, 0.1) is 12.1 Å². The molecule has 0 aromatic heterocycles. The van der Waals surface area contributed by atoms with E-state index in [1.54, 1.807) is 0 Å². The van der Waals surface area contributed by atoms with Crippen molar-refractivity contribution in [2.24, 2.45) is 0 Å². The molecule has 1 aliphatic heterocycles. The van der Waals surface area contributed by atoms with Gasteiger partial charge in [-0.25, -0.2) is 0 Å². The molecule has 1 fully saturated rings. The zero-order valence-electron chi connectivity index (χ0n) is 11.9. The Morgan fingerprint density at radius 1 is 1.00 bits per heavy atom. The average molecular weight is 281 g/mol. The van der Waals surface area contributed by atoms with Crippen LogP contribution in [-0.4, -0.2) is 28.6 Å². The molecule has 0 spiro atoms. The summed E-state index contributed by atoms with van der Waals surface area (Å²) in [6.07, 6.45) is 0.903. The summed E-state index contributed by atoms with van der Waals surface area (Å²) in [5.41, 5.74) is 1.79. The van der Waals surface area contributed by atoms with Crippen LogP contribution in [0.4, 0.5) is 0 Å². The molecule has 1 amide bonds. The Balaban J connectivity index is 1.90. The number of benzene rings is 2. The second-order valence-corrected chi connectivity index (χ2v) is 5.47. The Hall–Kier alpha value is -2.13. The highest BCUT2D eigenvalue weighted by molar-refractivity contribution is 5.94. The summed E-state index contributed by atoms with van der Waals surface area (Å²) < 4.78 is 0. The third-order valence-corrected chi connectivity index (χ3v) is 4.04. The third-order valence-electron chi connectivity index (χ3n) is 4.04. The molecule has 0 radical (unpaired) electrons. The monoisotopic (exact) mass is 281 g/mol. The molecular weight excluding hydrogens is 262 g/mol. The second kappa shape index (κ2) is 6.10. The number of likely N-dealkylation sites (tertiary alicyclic amines) is 1. The van der Waals surface area contributed by atoms with Crippen LogP contribution >= 0.6 is 0 Å². The molecule has 0 bridgehead atoms. The molecule has 2 aromatic rings. The molecule has 0 unspecified atom stereocenters. The van der Waals surface area contributed by atoms with E-state index in [1.807, 2.05) is 65.6 Å². The topological polar surface area (TPSA) is 40.5 Å². The van der Waals surface area contributed by atoms with Gasteiger partial charge in [0.15, 0.2) is 0 Å². The average Bonchev–Trinajstić information content (AvgIpc) is 2.56. The van der Waals surface area contributed by atoms with Crippen LogP contribution in [0.3, 0.4) is 0 Å². The lowest BCUT2D eigenvalue weighted by atomic mass is 9.92. The smallest absolute Gasteiger partial charge is 0.254 e. The first kappa shape index (κ1) is 13.8. The first-order chi connectivity index (χ1) is 10.3. The van der Waals surface area contributed by atoms with Gasteiger partial charge in [-0.15, -0.1) is 0 Å². The largest absolute Gasteiger partial charge is 0.393 e. The molecule has 3 heteroatoms. The van der Waals surface area contributed by atoms with Gasteiger partial charge in [-0.2, -0.15) is 0 Å². The molecule has 2 aromatic carbocycles. The Kier molecular flexibility index (Phi) is 4.02. The molecule has 1 saturated heterocycles. The number of carbonyl (C=O) groups excluding carboxylic acids is 1. The molecule has 1 heterocycles. The molecule has 2 atom stereocenters. The molecule has 3 nitrogen and oxygen atoms in total. The standard InChI is InChI=1S/C18H19NO2/c20-16-11-12-19(18(21)15-9-5-2-6-10-15)17(13-16)14-7-3-1-4-8-14/h1-10,16-17,20H,11-13H2/t16-,17-/m0/s1. The summed E-state index contributed by atoms with van der Waals surface area (Å²) >= 11 is 0. The predicted molar refractivity (Wildman–Crippen MR) is 81.9 cm³/mol. The number of carbonyl (C=O) groups is 1. The Bertz CT molecular complexity index is 597. The summed E-state index contributed by atoms with van der Waals surface area (Å²) in [6.45, 7) is 0.592. The first-order valence-corrected chi connectivity index (χ1v) is 7.35. The van der Waals surface area contributed by atoms with Crippen molar-refractivity contribution < 1.29 is 9.90 Å². The lowest BCUT2D eigenvalue weighted by Crippen LogP contribution is -2.42. The van der Waals surface area contributed by atoms with E-state index in [0.717, 1.165) is 5.56 Å². The van der Waals surface area contributed by atoms with Gasteiger partial charge in [0.2, 0.25) is 0 Å². The van der Waals surface area contributed by atoms with E-state index in [9.17, 15) is 9.90 Å². The summed E-state index contributed by atoms with van der Waals surface area (Å²) in [5.74, 6) is 0.0383. The number of aliphatic hydroxyl groups is 1. The minimum absolute atomic E-state index is 0.0383. The van der Waals surface area contributed by atoms with E-state index in [1.165, 1.54) is 0 Å². The van der Waals surface area contributed by atoms with Gasteiger partial charge in [0.25, 0.3) is 5.91 Å². The van der Waals surface area contributed by atoms with E-state index in [-0.39, 0.29) is 18.1 Å². The van der Waals surface area contributed by atoms with Crippen LogP contribution in [0.15, 0.2) is 60.7 Å². The summed E-state index contributed by atoms with van der Waals surface area (Å²) in [6, 6.07) is 19.3. The Morgan fingerprint density at radius 2 is 1.62 bits per heavy atom. The number of nitrogens with zero attached hydrogens (tertiary/aromatic N) is 1. The fourth-order valence-corrected chi connectivity index (χ4v) is 2.93. The van der Waals surface area contributed by atoms with Crippen LogP contribution in [0.1, 0.15) is 34.8 Å². The van der Waals surface area contributed by atoms with E-state index in [4.69, 9.17) is 0 Å². The molecule has 108 valence electrons. The normalized spacial score (nSPS) is 22.0. The van der Waals surface area contributed by atoms with Crippen molar-refractivity contribution in [3.05, 3.63) is 71.8 Å². The maximum absolute atomic E-state index is 12.7. The van der Waals surface area contributed by atoms with Crippen molar-refractivity contribution in [1.82, 2.24) is 4.90 Å². The highest BCUT2D eigenvalue weighted by Crippen LogP contribution is 2.32. The number of rotatable bonds is 2. The number of aliphatic hydroxyl groups excluding tert-OH is 1. The van der Waals surface area contributed by atoms with E-state index < -0.39 is 0 Å². The van der Waals surface area contributed by atoms with E-state index >= 15 is 0 Å². The highest BCUT2D eigenvalue weighted by atomic mass is 16.3. The van der Waals surface area contributed by atoms with Gasteiger partial charge < -0.3 is 10.0 Å². The fourth-order valence-electron chi connectivity index (χ4n) is 2.93. The van der Waals surface area contributed by atoms with Crippen molar-refractivity contribution in [3.63, 3.8) is 0 Å². The van der Waals surface area contributed by atoms with Crippen molar-refractivity contribution in [2.45, 2.75) is 25.0 Å². The minimum Gasteiger partial charge on any atom is -0.393 e. The second-order valence-electron chi connectivity index (χ2n) is 5.47. The van der Waals surface area contributed by atoms with E-state index in [2.05, 4.69) is 0 Å². The van der Waals surface area contributed by atoms with Crippen LogP contribution in [0.2, 0.25) is 0 Å². The fraction of sp³-hybridized carbons (Fsp3) is 0.278. The maximum atomic E-state index is 12.7. The van der Waals surface area contributed by atoms with Crippen LogP contribution in [0.5, 0.6) is 0 Å². The van der Waals surface area contributed by atoms with Crippen molar-refractivity contribution in [3.8, 4) is 0 Å². The van der Waals surface area contributed by atoms with Crippen LogP contribution < -0.4 is 0 Å². The SMILES string of the molecule is O=C(c1ccccc1)N1CC[C@H](O)C[C@H]1c1ccccc1. The number of amides is 1. The first-order valence-electron chi connectivity index (χ1n) is 7.35. The summed E-state index contributed by atoms with van der Waals surface area (Å²) in [5, 5.41) is 9.97. The van der Waals surface area contributed by atoms with Gasteiger partial charge in [-0.3, -0.25) is 4.79 Å². The third kappa shape index (κ3) is 2.98. The Morgan fingerprint density at radius 3 is 2.29 bits per heavy atom. The van der Waals surface area contributed by atoms with E-state index in [0.29, 0.717) is 24.9 Å². The molecule has 1 N–H and O–H groups in total. The number of hydrogen-bond acceptors (Lipinski definition) is 2. The van der Waals surface area contributed by atoms with Crippen LogP contribution in [-0.2, 0) is 0 Å². The number of hydrogen-bond donors (Lipinski definition) is 1. The zero-order valence-corrected chi connectivity index (χ0v) is 11.9. The van der Waals surface area contributed by atoms with Crippen molar-refractivity contribution in [2.75, 3.05) is 6.54 Å². The van der Waals surface area contributed by atoms with Crippen molar-refractivity contribution in [1.29, 1.82) is 0 Å². The van der Waals surface area contributed by atoms with Gasteiger partial charge >= 0.3 is 0 Å². The zero-order chi connectivity index (χ0) is 14.7. The maximum Gasteiger partial charge on any atom is 0.254 e. The predicted octanol–water partition coefficient (Wildman–Crippen LogP) is 3.02. The molecular formula is C18H19NO2. The van der Waals surface area contributed by atoms with Gasteiger partial charge in [-0.05, 0) is 30.5 Å².